The van der Waals surface area contributed by atoms with Gasteiger partial charge in [-0.1, -0.05) is 66.2 Å². The van der Waals surface area contributed by atoms with Crippen LogP contribution in [-0.2, 0) is 13.0 Å². The minimum Gasteiger partial charge on any atom is -0.316 e. The molecule has 1 aromatic heterocycles. The van der Waals surface area contributed by atoms with Crippen LogP contribution in [0.3, 0.4) is 0 Å². The van der Waals surface area contributed by atoms with Crippen molar-refractivity contribution in [1.29, 1.82) is 0 Å². The second-order valence-corrected chi connectivity index (χ2v) is 10.8. The fraction of sp³-hybridized carbons (Fsp3) is 0.273. The van der Waals surface area contributed by atoms with E-state index < -0.39 is 0 Å². The van der Waals surface area contributed by atoms with E-state index in [1.807, 2.05) is 68.4 Å². The number of para-hydroxylation sites is 1. The molecule has 0 unspecified atom stereocenters. The van der Waals surface area contributed by atoms with E-state index in [1.54, 1.807) is 6.21 Å². The summed E-state index contributed by atoms with van der Waals surface area (Å²) in [5.74, 6) is 0.539. The molecule has 2 heterocycles. The Morgan fingerprint density at radius 2 is 1.64 bits per heavy atom. The van der Waals surface area contributed by atoms with Crippen LogP contribution in [0.15, 0.2) is 90.0 Å². The zero-order chi connectivity index (χ0) is 27.2. The molecule has 0 spiro atoms. The standard InChI is InChI=1S/C33H35ClN4O/c1-24-20-30(25(2)38(24)32-11-7-6-10-31(32)34)22-35-36-33(39)29-14-12-28(13-15-29)23-37-18-16-27(17-19-37)21-26-8-4-3-5-9-26/h3-15,20,22,27H,16-19,21,23H2,1-2H3,(H,36,39)/b35-22+. The van der Waals surface area contributed by atoms with Crippen LogP contribution in [0.4, 0.5) is 0 Å². The molecule has 5 rings (SSSR count). The molecule has 0 radical (unpaired) electrons. The smallest absolute Gasteiger partial charge is 0.271 e. The van der Waals surface area contributed by atoms with Crippen LogP contribution in [0, 0.1) is 19.8 Å². The second-order valence-electron chi connectivity index (χ2n) is 10.4. The molecule has 200 valence electrons. The van der Waals surface area contributed by atoms with Crippen LogP contribution in [0.5, 0.6) is 0 Å². The maximum atomic E-state index is 12.7. The molecule has 39 heavy (non-hydrogen) atoms. The van der Waals surface area contributed by atoms with Crippen LogP contribution in [0.25, 0.3) is 5.69 Å². The fourth-order valence-electron chi connectivity index (χ4n) is 5.46. The number of piperidine rings is 1. The van der Waals surface area contributed by atoms with Crippen molar-refractivity contribution in [1.82, 2.24) is 14.9 Å². The quantitative estimate of drug-likeness (QED) is 0.194. The number of aromatic nitrogens is 1. The van der Waals surface area contributed by atoms with Crippen molar-refractivity contribution in [2.24, 2.45) is 11.0 Å². The summed E-state index contributed by atoms with van der Waals surface area (Å²) in [4.78, 5) is 15.2. The van der Waals surface area contributed by atoms with Gasteiger partial charge in [-0.3, -0.25) is 9.69 Å². The number of rotatable bonds is 8. The number of aryl methyl sites for hydroxylation is 1. The Morgan fingerprint density at radius 1 is 0.949 bits per heavy atom. The Morgan fingerprint density at radius 3 is 2.36 bits per heavy atom. The minimum atomic E-state index is -0.223. The lowest BCUT2D eigenvalue weighted by Gasteiger charge is -2.32. The van der Waals surface area contributed by atoms with Gasteiger partial charge in [0.15, 0.2) is 0 Å². The zero-order valence-corrected chi connectivity index (χ0v) is 23.4. The molecule has 1 fully saturated rings. The van der Waals surface area contributed by atoms with Crippen LogP contribution >= 0.6 is 11.6 Å². The van der Waals surface area contributed by atoms with Gasteiger partial charge in [0.25, 0.3) is 5.91 Å². The van der Waals surface area contributed by atoms with Gasteiger partial charge in [0.1, 0.15) is 0 Å². The number of amides is 1. The van der Waals surface area contributed by atoms with Gasteiger partial charge in [-0.05, 0) is 93.6 Å². The lowest BCUT2D eigenvalue weighted by Crippen LogP contribution is -2.33. The number of likely N-dealkylation sites (tertiary alicyclic amines) is 1. The highest BCUT2D eigenvalue weighted by molar-refractivity contribution is 6.32. The summed E-state index contributed by atoms with van der Waals surface area (Å²) in [6.45, 7) is 7.20. The average molecular weight is 539 g/mol. The molecular weight excluding hydrogens is 504 g/mol. The Hall–Kier alpha value is -3.67. The maximum absolute atomic E-state index is 12.7. The minimum absolute atomic E-state index is 0.223. The number of carbonyl (C=O) groups excluding carboxylic acids is 1. The van der Waals surface area contributed by atoms with E-state index in [2.05, 4.69) is 50.3 Å². The number of carbonyl (C=O) groups is 1. The van der Waals surface area contributed by atoms with E-state index in [9.17, 15) is 4.79 Å². The molecule has 3 aromatic carbocycles. The lowest BCUT2D eigenvalue weighted by atomic mass is 9.90. The largest absolute Gasteiger partial charge is 0.316 e. The van der Waals surface area contributed by atoms with Crippen LogP contribution in [0.2, 0.25) is 5.02 Å². The molecule has 4 aromatic rings. The van der Waals surface area contributed by atoms with Gasteiger partial charge in [0, 0.05) is 29.1 Å². The summed E-state index contributed by atoms with van der Waals surface area (Å²) in [5, 5.41) is 4.91. The van der Waals surface area contributed by atoms with Gasteiger partial charge in [-0.2, -0.15) is 5.10 Å². The Bertz CT molecular complexity index is 1430. The Kier molecular flexibility index (Phi) is 8.60. The Balaban J connectivity index is 1.12. The van der Waals surface area contributed by atoms with E-state index in [1.165, 1.54) is 30.4 Å². The third-order valence-electron chi connectivity index (χ3n) is 7.63. The summed E-state index contributed by atoms with van der Waals surface area (Å²) in [5.41, 5.74) is 9.83. The molecule has 1 amide bonds. The topological polar surface area (TPSA) is 49.6 Å². The normalized spacial score (nSPS) is 14.6. The van der Waals surface area contributed by atoms with Crippen molar-refractivity contribution in [3.8, 4) is 5.69 Å². The third kappa shape index (κ3) is 6.67. The molecule has 1 N–H and O–H groups in total. The van der Waals surface area contributed by atoms with Crippen molar-refractivity contribution in [3.05, 3.63) is 124 Å². The van der Waals surface area contributed by atoms with Crippen molar-refractivity contribution < 1.29 is 4.79 Å². The van der Waals surface area contributed by atoms with Crippen molar-refractivity contribution in [3.63, 3.8) is 0 Å². The first kappa shape index (κ1) is 26.9. The molecule has 0 atom stereocenters. The first-order chi connectivity index (χ1) is 19.0. The predicted molar refractivity (Wildman–Crippen MR) is 160 cm³/mol. The summed E-state index contributed by atoms with van der Waals surface area (Å²) in [6.07, 6.45) is 5.32. The predicted octanol–water partition coefficient (Wildman–Crippen LogP) is 6.97. The van der Waals surface area contributed by atoms with Gasteiger partial charge in [0.05, 0.1) is 16.9 Å². The highest BCUT2D eigenvalue weighted by Crippen LogP contribution is 2.26. The molecular formula is C33H35ClN4O. The number of benzene rings is 3. The molecule has 1 saturated heterocycles. The van der Waals surface area contributed by atoms with Crippen molar-refractivity contribution >= 4 is 23.7 Å². The number of nitrogens with one attached hydrogen (secondary N) is 1. The third-order valence-corrected chi connectivity index (χ3v) is 7.95. The van der Waals surface area contributed by atoms with E-state index in [0.717, 1.165) is 48.2 Å². The number of nitrogens with zero attached hydrogens (tertiary/aromatic N) is 3. The molecule has 0 aliphatic carbocycles. The van der Waals surface area contributed by atoms with Gasteiger partial charge < -0.3 is 4.57 Å². The molecule has 0 bridgehead atoms. The summed E-state index contributed by atoms with van der Waals surface area (Å²) in [6, 6.07) is 28.4. The number of halogens is 1. The number of hydrogen-bond donors (Lipinski definition) is 1. The van der Waals surface area contributed by atoms with E-state index >= 15 is 0 Å². The molecule has 1 aliphatic rings. The van der Waals surface area contributed by atoms with Gasteiger partial charge in [-0.15, -0.1) is 0 Å². The Labute approximate surface area is 236 Å². The highest BCUT2D eigenvalue weighted by atomic mass is 35.5. The van der Waals surface area contributed by atoms with Gasteiger partial charge in [-0.25, -0.2) is 5.43 Å². The second kappa shape index (κ2) is 12.5. The lowest BCUT2D eigenvalue weighted by molar-refractivity contribution is 0.0955. The monoisotopic (exact) mass is 538 g/mol. The van der Waals surface area contributed by atoms with Crippen molar-refractivity contribution in [2.75, 3.05) is 13.1 Å². The van der Waals surface area contributed by atoms with E-state index in [4.69, 9.17) is 11.6 Å². The first-order valence-corrected chi connectivity index (χ1v) is 14.0. The first-order valence-electron chi connectivity index (χ1n) is 13.6. The fourth-order valence-corrected chi connectivity index (χ4v) is 5.68. The van der Waals surface area contributed by atoms with Gasteiger partial charge in [0.2, 0.25) is 0 Å². The summed E-state index contributed by atoms with van der Waals surface area (Å²) in [7, 11) is 0. The van der Waals surface area contributed by atoms with E-state index in [-0.39, 0.29) is 5.91 Å². The van der Waals surface area contributed by atoms with Crippen LogP contribution < -0.4 is 5.43 Å². The van der Waals surface area contributed by atoms with Crippen LogP contribution in [-0.4, -0.2) is 34.7 Å². The average Bonchev–Trinajstić information content (AvgIpc) is 3.23. The van der Waals surface area contributed by atoms with Crippen molar-refractivity contribution in [2.45, 2.75) is 39.7 Å². The molecule has 6 heteroatoms. The molecule has 1 aliphatic heterocycles. The summed E-state index contributed by atoms with van der Waals surface area (Å²) < 4.78 is 2.09. The molecule has 5 nitrogen and oxygen atoms in total. The molecule has 0 saturated carbocycles. The van der Waals surface area contributed by atoms with E-state index in [0.29, 0.717) is 10.6 Å². The zero-order valence-electron chi connectivity index (χ0n) is 22.6. The maximum Gasteiger partial charge on any atom is 0.271 e. The number of hydrogen-bond acceptors (Lipinski definition) is 3. The SMILES string of the molecule is Cc1cc(/C=N/NC(=O)c2ccc(CN3CCC(Cc4ccccc4)CC3)cc2)c(C)n1-c1ccccc1Cl. The number of hydrazone groups is 1. The van der Waals surface area contributed by atoms with Gasteiger partial charge >= 0.3 is 0 Å². The summed E-state index contributed by atoms with van der Waals surface area (Å²) >= 11 is 6.41. The van der Waals surface area contributed by atoms with Crippen LogP contribution in [0.1, 0.15) is 51.3 Å². The highest BCUT2D eigenvalue weighted by Gasteiger charge is 2.19.